The minimum absolute atomic E-state index is 0.408. The highest BCUT2D eigenvalue weighted by atomic mass is 35.5. The number of anilines is 1. The number of benzene rings is 2. The van der Waals surface area contributed by atoms with E-state index >= 15 is 0 Å². The van der Waals surface area contributed by atoms with Crippen LogP contribution >= 0.6 is 11.6 Å². The van der Waals surface area contributed by atoms with Crippen LogP contribution in [0.3, 0.4) is 0 Å². The summed E-state index contributed by atoms with van der Waals surface area (Å²) in [6.45, 7) is 0. The van der Waals surface area contributed by atoms with Gasteiger partial charge in [-0.1, -0.05) is 41.9 Å². The van der Waals surface area contributed by atoms with Gasteiger partial charge in [0.2, 0.25) is 5.88 Å². The van der Waals surface area contributed by atoms with E-state index in [1.165, 1.54) is 0 Å². The van der Waals surface area contributed by atoms with E-state index in [1.807, 2.05) is 91.9 Å². The van der Waals surface area contributed by atoms with Crippen LogP contribution in [0.2, 0.25) is 5.02 Å². The Kier molecular flexibility index (Phi) is 7.33. The Morgan fingerprint density at radius 1 is 0.929 bits per heavy atom. The zero-order valence-electron chi connectivity index (χ0n) is 23.4. The summed E-state index contributed by atoms with van der Waals surface area (Å²) in [4.78, 5) is 15.6. The van der Waals surface area contributed by atoms with Gasteiger partial charge in [-0.25, -0.2) is 9.67 Å². The number of rotatable bonds is 8. The van der Waals surface area contributed by atoms with Gasteiger partial charge < -0.3 is 14.7 Å². The average Bonchev–Trinajstić information content (AvgIpc) is 3.58. The lowest BCUT2D eigenvalue weighted by atomic mass is 9.81. The molecule has 9 heteroatoms. The Morgan fingerprint density at radius 3 is 2.36 bits per heavy atom. The third kappa shape index (κ3) is 4.95. The van der Waals surface area contributed by atoms with Crippen molar-refractivity contribution in [1.82, 2.24) is 24.7 Å². The molecule has 0 bridgehead atoms. The van der Waals surface area contributed by atoms with Crippen molar-refractivity contribution in [2.24, 2.45) is 0 Å². The van der Waals surface area contributed by atoms with Gasteiger partial charge >= 0.3 is 0 Å². The molecule has 4 aromatic heterocycles. The van der Waals surface area contributed by atoms with Crippen molar-refractivity contribution in [2.45, 2.75) is 12.0 Å². The van der Waals surface area contributed by atoms with E-state index in [0.29, 0.717) is 45.0 Å². The number of hydrogen-bond acceptors (Lipinski definition) is 7. The molecule has 2 aromatic carbocycles. The molecule has 210 valence electrons. The Morgan fingerprint density at radius 2 is 1.71 bits per heavy atom. The molecular weight excluding hydrogens is 548 g/mol. The van der Waals surface area contributed by atoms with Crippen LogP contribution < -0.4 is 9.64 Å². The van der Waals surface area contributed by atoms with Crippen molar-refractivity contribution in [3.63, 3.8) is 0 Å². The van der Waals surface area contributed by atoms with Crippen LogP contribution in [-0.2, 0) is 12.0 Å². The molecule has 6 rings (SSSR count). The molecule has 4 heterocycles. The highest BCUT2D eigenvalue weighted by molar-refractivity contribution is 6.36. The summed E-state index contributed by atoms with van der Waals surface area (Å²) in [7, 11) is 5.52. The summed E-state index contributed by atoms with van der Waals surface area (Å²) in [5.74, 6) is 0.408. The first-order valence-corrected chi connectivity index (χ1v) is 13.8. The maximum atomic E-state index is 12.4. The minimum Gasteiger partial charge on any atom is -0.481 e. The van der Waals surface area contributed by atoms with Crippen LogP contribution in [0.5, 0.6) is 5.88 Å². The van der Waals surface area contributed by atoms with E-state index in [4.69, 9.17) is 16.3 Å². The molecule has 0 radical (unpaired) electrons. The number of pyridine rings is 3. The number of ether oxygens (including phenoxy) is 1. The van der Waals surface area contributed by atoms with Gasteiger partial charge in [0.25, 0.3) is 0 Å². The monoisotopic (exact) mass is 576 g/mol. The van der Waals surface area contributed by atoms with Crippen molar-refractivity contribution in [3.05, 3.63) is 137 Å². The first-order chi connectivity index (χ1) is 20.4. The lowest BCUT2D eigenvalue weighted by molar-refractivity contribution is 0.125. The maximum Gasteiger partial charge on any atom is 0.220 e. The lowest BCUT2D eigenvalue weighted by Gasteiger charge is -2.30. The molecule has 1 N–H and O–H groups in total. The standard InChI is InChI=1S/C33H29ClN6O2/c1-39(2)26-13-9-23(10-14-26)33(41,24-6-4-15-35-20-24)25-19-28-30(34)29(32(42-3)38-31(28)36-21-25)18-22-7-11-27(12-8-22)40-17-5-16-37-40/h4-17,19-21,41H,18H2,1-3H3. The first-order valence-electron chi connectivity index (χ1n) is 13.4. The van der Waals surface area contributed by atoms with Gasteiger partial charge in [-0.05, 0) is 53.6 Å². The second kappa shape index (κ2) is 11.2. The van der Waals surface area contributed by atoms with E-state index < -0.39 is 5.60 Å². The van der Waals surface area contributed by atoms with Crippen molar-refractivity contribution in [3.8, 4) is 11.6 Å². The largest absolute Gasteiger partial charge is 0.481 e. The van der Waals surface area contributed by atoms with Crippen LogP contribution in [0.1, 0.15) is 27.8 Å². The second-order valence-corrected chi connectivity index (χ2v) is 10.6. The number of halogens is 1. The third-order valence-electron chi connectivity index (χ3n) is 7.41. The fourth-order valence-electron chi connectivity index (χ4n) is 5.12. The zero-order chi connectivity index (χ0) is 29.3. The van der Waals surface area contributed by atoms with Gasteiger partial charge in [-0.2, -0.15) is 10.1 Å². The quantitative estimate of drug-likeness (QED) is 0.244. The Labute approximate surface area is 248 Å². The molecular formula is C33H29ClN6O2. The predicted molar refractivity (Wildman–Crippen MR) is 165 cm³/mol. The molecule has 0 fully saturated rings. The molecule has 0 aliphatic carbocycles. The van der Waals surface area contributed by atoms with Crippen molar-refractivity contribution in [2.75, 3.05) is 26.1 Å². The zero-order valence-corrected chi connectivity index (χ0v) is 24.2. The van der Waals surface area contributed by atoms with Crippen LogP contribution in [0.25, 0.3) is 16.7 Å². The molecule has 1 atom stereocenters. The normalized spacial score (nSPS) is 12.7. The fourth-order valence-corrected chi connectivity index (χ4v) is 5.40. The van der Waals surface area contributed by atoms with E-state index in [-0.39, 0.29) is 0 Å². The van der Waals surface area contributed by atoms with Gasteiger partial charge in [0, 0.05) is 79.3 Å². The van der Waals surface area contributed by atoms with Gasteiger partial charge in [0.15, 0.2) is 5.65 Å². The highest BCUT2D eigenvalue weighted by Gasteiger charge is 2.35. The molecule has 0 spiro atoms. The van der Waals surface area contributed by atoms with Crippen LogP contribution in [0.15, 0.2) is 104 Å². The molecule has 8 nitrogen and oxygen atoms in total. The Balaban J connectivity index is 1.45. The summed E-state index contributed by atoms with van der Waals surface area (Å²) in [6, 6.07) is 23.2. The van der Waals surface area contributed by atoms with Gasteiger partial charge in [0.05, 0.1) is 17.8 Å². The van der Waals surface area contributed by atoms with Crippen LogP contribution in [0, 0.1) is 0 Å². The second-order valence-electron chi connectivity index (χ2n) is 10.2. The average molecular weight is 577 g/mol. The van der Waals surface area contributed by atoms with E-state index in [1.54, 1.807) is 42.6 Å². The van der Waals surface area contributed by atoms with Gasteiger partial charge in [-0.15, -0.1) is 0 Å². The number of fused-ring (bicyclic) bond motifs is 1. The SMILES string of the molecule is COc1nc2ncc(C(O)(c3ccc(N(C)C)cc3)c3cccnc3)cc2c(Cl)c1Cc1ccc(-n2cccn2)cc1. The molecule has 6 aromatic rings. The molecule has 0 saturated heterocycles. The summed E-state index contributed by atoms with van der Waals surface area (Å²) in [6.07, 6.45) is 9.11. The molecule has 0 amide bonds. The summed E-state index contributed by atoms with van der Waals surface area (Å²) in [5.41, 5.74) is 4.47. The molecule has 1 unspecified atom stereocenters. The minimum atomic E-state index is -1.54. The van der Waals surface area contributed by atoms with Crippen molar-refractivity contribution < 1.29 is 9.84 Å². The molecule has 0 aliphatic heterocycles. The predicted octanol–water partition coefficient (Wildman–Crippen LogP) is 5.81. The number of methoxy groups -OCH3 is 1. The van der Waals surface area contributed by atoms with E-state index in [2.05, 4.69) is 20.1 Å². The molecule has 42 heavy (non-hydrogen) atoms. The molecule has 0 aliphatic rings. The van der Waals surface area contributed by atoms with Crippen LogP contribution in [0.4, 0.5) is 5.69 Å². The highest BCUT2D eigenvalue weighted by Crippen LogP contribution is 2.40. The van der Waals surface area contributed by atoms with Crippen LogP contribution in [-0.4, -0.2) is 51.0 Å². The lowest BCUT2D eigenvalue weighted by Crippen LogP contribution is -2.29. The van der Waals surface area contributed by atoms with Crippen molar-refractivity contribution in [1.29, 1.82) is 0 Å². The fraction of sp³-hybridized carbons (Fsp3) is 0.152. The number of hydrogen-bond donors (Lipinski definition) is 1. The van der Waals surface area contributed by atoms with Gasteiger partial charge in [-0.3, -0.25) is 4.98 Å². The number of aromatic nitrogens is 5. The van der Waals surface area contributed by atoms with Gasteiger partial charge in [0.1, 0.15) is 5.60 Å². The van der Waals surface area contributed by atoms with E-state index in [0.717, 1.165) is 22.5 Å². The Hall–Kier alpha value is -4.79. The first kappa shape index (κ1) is 27.4. The topological polar surface area (TPSA) is 89.2 Å². The summed E-state index contributed by atoms with van der Waals surface area (Å²) in [5, 5.41) is 17.8. The summed E-state index contributed by atoms with van der Waals surface area (Å²) < 4.78 is 7.45. The number of nitrogens with zero attached hydrogens (tertiary/aromatic N) is 6. The van der Waals surface area contributed by atoms with Crippen molar-refractivity contribution >= 4 is 28.3 Å². The smallest absolute Gasteiger partial charge is 0.220 e. The Bertz CT molecular complexity index is 1830. The third-order valence-corrected chi connectivity index (χ3v) is 7.84. The van der Waals surface area contributed by atoms with E-state index in [9.17, 15) is 5.11 Å². The maximum absolute atomic E-state index is 12.4. The number of aliphatic hydroxyl groups is 1. The summed E-state index contributed by atoms with van der Waals surface area (Å²) >= 11 is 7.08. The molecule has 0 saturated carbocycles.